The Morgan fingerprint density at radius 3 is 2.32 bits per heavy atom. The lowest BCUT2D eigenvalue weighted by molar-refractivity contribution is -0.287. The maximum atomic E-state index is 13.8. The standard InChI is InChI=1S/C19H17F3N2O4/c1-28-13-10-6-5-9-12(13)15-14(16(25)11-7-3-2-4-8-11)18(27,19(20,21)22)24-17(26)23-15/h2-10,14-15,27H,1H3,(H2,23,24,26)/t14-,15-,18+/m1/s1. The molecular weight excluding hydrogens is 377 g/mol. The summed E-state index contributed by atoms with van der Waals surface area (Å²) < 4.78 is 46.6. The number of methoxy groups -OCH3 is 1. The molecule has 2 aromatic carbocycles. The predicted molar refractivity (Wildman–Crippen MR) is 92.7 cm³/mol. The van der Waals surface area contributed by atoms with Crippen LogP contribution in [0.4, 0.5) is 18.0 Å². The van der Waals surface area contributed by atoms with Crippen molar-refractivity contribution in [3.8, 4) is 5.75 Å². The Hall–Kier alpha value is -3.07. The van der Waals surface area contributed by atoms with Gasteiger partial charge >= 0.3 is 12.2 Å². The molecule has 0 radical (unpaired) electrons. The van der Waals surface area contributed by atoms with Crippen molar-refractivity contribution in [3.63, 3.8) is 0 Å². The Bertz CT molecular complexity index is 888. The lowest BCUT2D eigenvalue weighted by Gasteiger charge is -2.45. The van der Waals surface area contributed by atoms with Gasteiger partial charge in [-0.3, -0.25) is 4.79 Å². The van der Waals surface area contributed by atoms with Gasteiger partial charge in [0, 0.05) is 11.1 Å². The van der Waals surface area contributed by atoms with Gasteiger partial charge in [-0.15, -0.1) is 0 Å². The quantitative estimate of drug-likeness (QED) is 0.696. The van der Waals surface area contributed by atoms with Crippen molar-refractivity contribution >= 4 is 11.8 Å². The number of benzene rings is 2. The highest BCUT2D eigenvalue weighted by atomic mass is 19.4. The predicted octanol–water partition coefficient (Wildman–Crippen LogP) is 2.80. The molecule has 1 aliphatic heterocycles. The molecule has 0 unspecified atom stereocenters. The average molecular weight is 394 g/mol. The molecule has 2 aromatic rings. The average Bonchev–Trinajstić information content (AvgIpc) is 2.66. The number of aliphatic hydroxyl groups is 1. The number of alkyl halides is 3. The van der Waals surface area contributed by atoms with Gasteiger partial charge in [0.05, 0.1) is 13.2 Å². The van der Waals surface area contributed by atoms with Gasteiger partial charge in [-0.25, -0.2) is 4.79 Å². The number of Topliss-reactive ketones (excluding diaryl/α,β-unsaturated/α-hetero) is 1. The van der Waals surface area contributed by atoms with Crippen LogP contribution in [0.25, 0.3) is 0 Å². The first kappa shape index (κ1) is 19.7. The number of hydrogen-bond donors (Lipinski definition) is 3. The zero-order valence-electron chi connectivity index (χ0n) is 14.7. The lowest BCUT2D eigenvalue weighted by atomic mass is 9.77. The number of ketones is 1. The van der Waals surface area contributed by atoms with Crippen LogP contribution >= 0.6 is 0 Å². The third-order valence-corrected chi connectivity index (χ3v) is 4.62. The first-order valence-electron chi connectivity index (χ1n) is 8.29. The molecule has 3 rings (SSSR count). The molecule has 0 aromatic heterocycles. The molecule has 6 nitrogen and oxygen atoms in total. The summed E-state index contributed by atoms with van der Waals surface area (Å²) in [5.41, 5.74) is -3.67. The molecule has 1 aliphatic rings. The Morgan fingerprint density at radius 1 is 1.11 bits per heavy atom. The van der Waals surface area contributed by atoms with E-state index in [1.165, 1.54) is 54.9 Å². The van der Waals surface area contributed by atoms with Crippen molar-refractivity contribution in [2.24, 2.45) is 5.92 Å². The summed E-state index contributed by atoms with van der Waals surface area (Å²) in [5, 5.41) is 14.3. The monoisotopic (exact) mass is 394 g/mol. The number of carbonyl (C=O) groups excluding carboxylic acids is 2. The van der Waals surface area contributed by atoms with Crippen molar-refractivity contribution in [3.05, 3.63) is 65.7 Å². The van der Waals surface area contributed by atoms with Gasteiger partial charge in [0.2, 0.25) is 5.72 Å². The molecule has 1 fully saturated rings. The van der Waals surface area contributed by atoms with Crippen molar-refractivity contribution in [2.45, 2.75) is 17.9 Å². The SMILES string of the molecule is COc1ccccc1[C@H]1NC(=O)N[C@@](O)(C(F)(F)F)[C@H]1C(=O)c1ccccc1. The number of carbonyl (C=O) groups is 2. The highest BCUT2D eigenvalue weighted by molar-refractivity contribution is 6.00. The third kappa shape index (κ3) is 3.29. The molecule has 3 atom stereocenters. The summed E-state index contributed by atoms with van der Waals surface area (Å²) in [7, 11) is 1.31. The molecule has 1 heterocycles. The minimum atomic E-state index is -5.31. The number of halogens is 3. The van der Waals surface area contributed by atoms with E-state index < -0.39 is 35.7 Å². The number of hydrogen-bond acceptors (Lipinski definition) is 4. The van der Waals surface area contributed by atoms with E-state index in [0.29, 0.717) is 0 Å². The summed E-state index contributed by atoms with van der Waals surface area (Å²) >= 11 is 0. The van der Waals surface area contributed by atoms with Gasteiger partial charge in [0.15, 0.2) is 5.78 Å². The second-order valence-corrected chi connectivity index (χ2v) is 6.29. The van der Waals surface area contributed by atoms with Gasteiger partial charge in [-0.1, -0.05) is 48.5 Å². The van der Waals surface area contributed by atoms with Crippen LogP contribution in [-0.4, -0.2) is 35.9 Å². The molecule has 148 valence electrons. The molecule has 28 heavy (non-hydrogen) atoms. The van der Waals surface area contributed by atoms with Crippen molar-refractivity contribution in [1.82, 2.24) is 10.6 Å². The van der Waals surface area contributed by atoms with Crippen LogP contribution in [0.2, 0.25) is 0 Å². The number of rotatable bonds is 4. The van der Waals surface area contributed by atoms with Crippen LogP contribution in [0, 0.1) is 5.92 Å². The fourth-order valence-corrected chi connectivity index (χ4v) is 3.30. The minimum Gasteiger partial charge on any atom is -0.496 e. The van der Waals surface area contributed by atoms with Crippen LogP contribution < -0.4 is 15.4 Å². The Morgan fingerprint density at radius 2 is 1.71 bits per heavy atom. The molecular formula is C19H17F3N2O4. The lowest BCUT2D eigenvalue weighted by Crippen LogP contribution is -2.72. The zero-order chi connectivity index (χ0) is 20.5. The summed E-state index contributed by atoms with van der Waals surface area (Å²) in [5.74, 6) is -2.90. The van der Waals surface area contributed by atoms with Crippen LogP contribution in [0.1, 0.15) is 22.0 Å². The largest absolute Gasteiger partial charge is 0.496 e. The van der Waals surface area contributed by atoms with Crippen molar-refractivity contribution in [2.75, 3.05) is 7.11 Å². The van der Waals surface area contributed by atoms with Crippen molar-refractivity contribution < 1.29 is 32.6 Å². The van der Waals surface area contributed by atoms with Gasteiger partial charge in [0.1, 0.15) is 11.7 Å². The normalized spacial score (nSPS) is 24.8. The van der Waals surface area contributed by atoms with Crippen LogP contribution in [-0.2, 0) is 0 Å². The second-order valence-electron chi connectivity index (χ2n) is 6.29. The summed E-state index contributed by atoms with van der Waals surface area (Å²) in [6.45, 7) is 0. The number of amides is 2. The number of para-hydroxylation sites is 1. The first-order chi connectivity index (χ1) is 13.2. The van der Waals surface area contributed by atoms with Gasteiger partial charge in [-0.2, -0.15) is 13.2 Å². The van der Waals surface area contributed by atoms with E-state index in [9.17, 15) is 27.9 Å². The summed E-state index contributed by atoms with van der Waals surface area (Å²) in [6, 6.07) is 10.6. The molecule has 2 amide bonds. The van der Waals surface area contributed by atoms with E-state index in [1.54, 1.807) is 12.1 Å². The molecule has 1 saturated heterocycles. The maximum Gasteiger partial charge on any atom is 0.437 e. The van der Waals surface area contributed by atoms with Gasteiger partial charge in [0.25, 0.3) is 0 Å². The molecule has 0 aliphatic carbocycles. The smallest absolute Gasteiger partial charge is 0.437 e. The number of urea groups is 1. The fourth-order valence-electron chi connectivity index (χ4n) is 3.30. The number of nitrogens with one attached hydrogen (secondary N) is 2. The van der Waals surface area contributed by atoms with Gasteiger partial charge in [-0.05, 0) is 6.07 Å². The van der Waals surface area contributed by atoms with Gasteiger partial charge < -0.3 is 20.5 Å². The van der Waals surface area contributed by atoms with E-state index in [4.69, 9.17) is 4.74 Å². The molecule has 0 spiro atoms. The second kappa shape index (κ2) is 7.16. The zero-order valence-corrected chi connectivity index (χ0v) is 14.7. The van der Waals surface area contributed by atoms with E-state index in [1.807, 2.05) is 0 Å². The van der Waals surface area contributed by atoms with E-state index in [2.05, 4.69) is 5.32 Å². The molecule has 3 N–H and O–H groups in total. The van der Waals surface area contributed by atoms with E-state index >= 15 is 0 Å². The summed E-state index contributed by atoms with van der Waals surface area (Å²) in [4.78, 5) is 25.0. The third-order valence-electron chi connectivity index (χ3n) is 4.62. The van der Waals surface area contributed by atoms with Crippen LogP contribution in [0.3, 0.4) is 0 Å². The fraction of sp³-hybridized carbons (Fsp3) is 0.263. The Balaban J connectivity index is 2.20. The van der Waals surface area contributed by atoms with E-state index in [0.717, 1.165) is 0 Å². The van der Waals surface area contributed by atoms with Crippen molar-refractivity contribution in [1.29, 1.82) is 0 Å². The van der Waals surface area contributed by atoms with Crippen LogP contribution in [0.5, 0.6) is 5.75 Å². The van der Waals surface area contributed by atoms with Crippen LogP contribution in [0.15, 0.2) is 54.6 Å². The minimum absolute atomic E-state index is 0.0342. The molecule has 0 bridgehead atoms. The summed E-state index contributed by atoms with van der Waals surface area (Å²) in [6.07, 6.45) is -5.31. The highest BCUT2D eigenvalue weighted by Gasteiger charge is 2.66. The first-order valence-corrected chi connectivity index (χ1v) is 8.29. The maximum absolute atomic E-state index is 13.8. The molecule has 0 saturated carbocycles. The Kier molecular flexibility index (Phi) is 5.03. The Labute approximate surface area is 158 Å². The number of ether oxygens (including phenoxy) is 1. The molecule has 9 heteroatoms. The highest BCUT2D eigenvalue weighted by Crippen LogP contribution is 2.45. The van der Waals surface area contributed by atoms with E-state index in [-0.39, 0.29) is 16.9 Å². The topological polar surface area (TPSA) is 87.7 Å².